The molecule has 0 spiro atoms. The number of aromatic nitrogens is 2. The third-order valence-electron chi connectivity index (χ3n) is 2.65. The Morgan fingerprint density at radius 2 is 2.00 bits per heavy atom. The number of nitrogens with one attached hydrogen (secondary N) is 2. The average molecular weight is 291 g/mol. The van der Waals surface area contributed by atoms with E-state index in [9.17, 15) is 14.5 Å². The van der Waals surface area contributed by atoms with E-state index in [-0.39, 0.29) is 17.3 Å². The van der Waals surface area contributed by atoms with Gasteiger partial charge in [-0.1, -0.05) is 0 Å². The lowest BCUT2D eigenvalue weighted by molar-refractivity contribution is -0.383. The molecule has 0 unspecified atom stereocenters. The second-order valence-electron chi connectivity index (χ2n) is 4.35. The molecule has 0 atom stereocenters. The van der Waals surface area contributed by atoms with Gasteiger partial charge in [-0.2, -0.15) is 0 Å². The van der Waals surface area contributed by atoms with Gasteiger partial charge >= 0.3 is 5.69 Å². The van der Waals surface area contributed by atoms with Crippen molar-refractivity contribution < 1.29 is 9.31 Å². The molecule has 0 bridgehead atoms. The van der Waals surface area contributed by atoms with Crippen LogP contribution in [0.5, 0.6) is 0 Å². The average Bonchev–Trinajstić information content (AvgIpc) is 2.37. The van der Waals surface area contributed by atoms with Crippen molar-refractivity contribution >= 4 is 23.0 Å². The van der Waals surface area contributed by atoms with E-state index < -0.39 is 10.7 Å². The van der Waals surface area contributed by atoms with Crippen LogP contribution in [0.15, 0.2) is 24.5 Å². The molecule has 1 heterocycles. The summed E-state index contributed by atoms with van der Waals surface area (Å²) in [5.74, 6) is -0.301. The van der Waals surface area contributed by atoms with Crippen LogP contribution in [0.4, 0.5) is 27.4 Å². The monoisotopic (exact) mass is 291 g/mol. The van der Waals surface area contributed by atoms with Crippen LogP contribution in [0.1, 0.15) is 12.5 Å². The molecule has 0 radical (unpaired) electrons. The fourth-order valence-corrected chi connectivity index (χ4v) is 1.89. The van der Waals surface area contributed by atoms with Gasteiger partial charge in [0.05, 0.1) is 4.92 Å². The van der Waals surface area contributed by atoms with Gasteiger partial charge in [0.15, 0.2) is 0 Å². The lowest BCUT2D eigenvalue weighted by Gasteiger charge is -2.09. The molecule has 0 aliphatic rings. The van der Waals surface area contributed by atoms with Gasteiger partial charge in [0.2, 0.25) is 11.6 Å². The van der Waals surface area contributed by atoms with Gasteiger partial charge in [0.25, 0.3) is 0 Å². The van der Waals surface area contributed by atoms with Crippen LogP contribution in [-0.2, 0) is 0 Å². The Bertz CT molecular complexity index is 657. The first-order valence-corrected chi connectivity index (χ1v) is 6.28. The molecule has 2 N–H and O–H groups in total. The Morgan fingerprint density at radius 1 is 1.29 bits per heavy atom. The van der Waals surface area contributed by atoms with Crippen LogP contribution < -0.4 is 10.6 Å². The molecular formula is C13H14FN5O2. The third kappa shape index (κ3) is 3.41. The molecule has 2 rings (SSSR count). The molecule has 110 valence electrons. The van der Waals surface area contributed by atoms with E-state index >= 15 is 0 Å². The van der Waals surface area contributed by atoms with Crippen LogP contribution in [0.3, 0.4) is 0 Å². The first-order valence-electron chi connectivity index (χ1n) is 6.28. The number of aryl methyl sites for hydroxylation is 1. The fourth-order valence-electron chi connectivity index (χ4n) is 1.89. The van der Waals surface area contributed by atoms with E-state index in [1.807, 2.05) is 0 Å². The summed E-state index contributed by atoms with van der Waals surface area (Å²) < 4.78 is 13.4. The Morgan fingerprint density at radius 3 is 2.62 bits per heavy atom. The first kappa shape index (κ1) is 14.6. The maximum Gasteiger partial charge on any atom is 0.353 e. The number of nitro groups is 1. The van der Waals surface area contributed by atoms with Crippen LogP contribution in [-0.4, -0.2) is 21.4 Å². The Labute approximate surface area is 120 Å². The Balaban J connectivity index is 2.43. The molecule has 21 heavy (non-hydrogen) atoms. The molecule has 0 aliphatic heterocycles. The molecule has 7 nitrogen and oxygen atoms in total. The van der Waals surface area contributed by atoms with Gasteiger partial charge < -0.3 is 10.6 Å². The third-order valence-corrected chi connectivity index (χ3v) is 2.65. The molecule has 1 aromatic heterocycles. The van der Waals surface area contributed by atoms with Gasteiger partial charge in [0, 0.05) is 12.2 Å². The van der Waals surface area contributed by atoms with Crippen molar-refractivity contribution in [1.29, 1.82) is 0 Å². The number of benzene rings is 1. The highest BCUT2D eigenvalue weighted by Crippen LogP contribution is 2.31. The molecule has 0 aliphatic carbocycles. The summed E-state index contributed by atoms with van der Waals surface area (Å²) in [6.45, 7) is 4.01. The van der Waals surface area contributed by atoms with Crippen LogP contribution in [0.2, 0.25) is 0 Å². The molecule has 8 heteroatoms. The maximum atomic E-state index is 13.4. The summed E-state index contributed by atoms with van der Waals surface area (Å²) in [6.07, 6.45) is 1.21. The van der Waals surface area contributed by atoms with Crippen LogP contribution in [0.25, 0.3) is 0 Å². The van der Waals surface area contributed by atoms with Gasteiger partial charge in [-0.3, -0.25) is 10.1 Å². The van der Waals surface area contributed by atoms with Gasteiger partial charge in [-0.15, -0.1) is 0 Å². The molecule has 0 amide bonds. The second-order valence-corrected chi connectivity index (χ2v) is 4.35. The second kappa shape index (κ2) is 6.12. The Hall–Kier alpha value is -2.77. The summed E-state index contributed by atoms with van der Waals surface area (Å²) in [5.41, 5.74) is 0.805. The quantitative estimate of drug-likeness (QED) is 0.649. The van der Waals surface area contributed by atoms with Crippen molar-refractivity contribution in [2.45, 2.75) is 13.8 Å². The number of hydrogen-bond acceptors (Lipinski definition) is 6. The summed E-state index contributed by atoms with van der Waals surface area (Å²) >= 11 is 0. The SMILES string of the molecule is CCNc1ncnc(Nc2cc(C)cc(F)c2)c1[N+](=O)[O-]. The summed E-state index contributed by atoms with van der Waals surface area (Å²) in [5, 5.41) is 16.8. The van der Waals surface area contributed by atoms with Crippen molar-refractivity contribution in [1.82, 2.24) is 9.97 Å². The highest BCUT2D eigenvalue weighted by molar-refractivity contribution is 5.73. The summed E-state index contributed by atoms with van der Waals surface area (Å²) in [4.78, 5) is 18.4. The summed E-state index contributed by atoms with van der Waals surface area (Å²) in [7, 11) is 0. The van der Waals surface area contributed by atoms with Crippen LogP contribution in [0, 0.1) is 22.9 Å². The topological polar surface area (TPSA) is 93.0 Å². The van der Waals surface area contributed by atoms with Crippen molar-refractivity contribution in [3.05, 3.63) is 46.0 Å². The lowest BCUT2D eigenvalue weighted by atomic mass is 10.2. The van der Waals surface area contributed by atoms with E-state index in [0.29, 0.717) is 17.8 Å². The van der Waals surface area contributed by atoms with E-state index in [0.717, 1.165) is 0 Å². The Kier molecular flexibility index (Phi) is 4.27. The fraction of sp³-hybridized carbons (Fsp3) is 0.231. The standard InChI is InChI=1S/C13H14FN5O2/c1-3-15-12-11(19(20)21)13(17-7-16-12)18-10-5-8(2)4-9(14)6-10/h4-7H,3H2,1-2H3,(H2,15,16,17,18). The number of hydrogen-bond donors (Lipinski definition) is 2. The molecule has 0 saturated heterocycles. The molecule has 0 saturated carbocycles. The number of anilines is 3. The van der Waals surface area contributed by atoms with Crippen molar-refractivity contribution in [2.24, 2.45) is 0 Å². The molecular weight excluding hydrogens is 277 g/mol. The van der Waals surface area contributed by atoms with Crippen LogP contribution >= 0.6 is 0 Å². The van der Waals surface area contributed by atoms with Gasteiger partial charge in [-0.25, -0.2) is 14.4 Å². The highest BCUT2D eigenvalue weighted by Gasteiger charge is 2.22. The minimum Gasteiger partial charge on any atom is -0.364 e. The van der Waals surface area contributed by atoms with E-state index in [4.69, 9.17) is 0 Å². The van der Waals surface area contributed by atoms with E-state index in [2.05, 4.69) is 20.6 Å². The number of rotatable bonds is 5. The van der Waals surface area contributed by atoms with E-state index in [1.165, 1.54) is 18.5 Å². The zero-order valence-electron chi connectivity index (χ0n) is 11.6. The molecule has 1 aromatic carbocycles. The smallest absolute Gasteiger partial charge is 0.353 e. The highest BCUT2D eigenvalue weighted by atomic mass is 19.1. The zero-order valence-corrected chi connectivity index (χ0v) is 11.6. The largest absolute Gasteiger partial charge is 0.364 e. The van der Waals surface area contributed by atoms with Crippen molar-refractivity contribution in [2.75, 3.05) is 17.2 Å². The molecule has 2 aromatic rings. The zero-order chi connectivity index (χ0) is 15.4. The normalized spacial score (nSPS) is 10.2. The van der Waals surface area contributed by atoms with Crippen molar-refractivity contribution in [3.8, 4) is 0 Å². The lowest BCUT2D eigenvalue weighted by Crippen LogP contribution is -2.07. The van der Waals surface area contributed by atoms with Crippen molar-refractivity contribution in [3.63, 3.8) is 0 Å². The predicted molar refractivity (Wildman–Crippen MR) is 77.3 cm³/mol. The van der Waals surface area contributed by atoms with E-state index in [1.54, 1.807) is 19.9 Å². The number of nitrogens with zero attached hydrogens (tertiary/aromatic N) is 3. The first-order chi connectivity index (χ1) is 10.0. The van der Waals surface area contributed by atoms with Gasteiger partial charge in [-0.05, 0) is 37.6 Å². The predicted octanol–water partition coefficient (Wildman–Crippen LogP) is 3.01. The minimum absolute atomic E-state index is 0.0101. The van der Waals surface area contributed by atoms with Gasteiger partial charge in [0.1, 0.15) is 12.1 Å². The maximum absolute atomic E-state index is 13.4. The minimum atomic E-state index is -0.577. The number of halogens is 1. The summed E-state index contributed by atoms with van der Waals surface area (Å²) in [6, 6.07) is 4.28. The molecule has 0 fully saturated rings.